The van der Waals surface area contributed by atoms with Gasteiger partial charge in [-0.05, 0) is 39.0 Å². The molecule has 0 aromatic heterocycles. The summed E-state index contributed by atoms with van der Waals surface area (Å²) < 4.78 is 36.1. The van der Waals surface area contributed by atoms with Crippen molar-refractivity contribution in [3.05, 3.63) is 9.66 Å². The fourth-order valence-corrected chi connectivity index (χ4v) is 2.06. The summed E-state index contributed by atoms with van der Waals surface area (Å²) in [5.41, 5.74) is 0. The summed E-state index contributed by atoms with van der Waals surface area (Å²) in [6.45, 7) is 2.15. The third-order valence-corrected chi connectivity index (χ3v) is 2.94. The zero-order valence-electron chi connectivity index (χ0n) is 9.04. The first-order valence-corrected chi connectivity index (χ1v) is 6.47. The molecule has 0 heterocycles. The Balaban J connectivity index is 3.47. The van der Waals surface area contributed by atoms with E-state index in [0.29, 0.717) is 16.1 Å². The molecule has 0 amide bonds. The number of unbranched alkanes of at least 4 members (excludes halogenated alkanes) is 5. The van der Waals surface area contributed by atoms with E-state index >= 15 is 0 Å². The predicted molar refractivity (Wildman–Crippen MR) is 66.2 cm³/mol. The second-order valence-electron chi connectivity index (χ2n) is 3.65. The first-order chi connectivity index (χ1) is 6.95. The summed E-state index contributed by atoms with van der Waals surface area (Å²) in [6, 6.07) is 0. The number of alkyl halides is 3. The van der Waals surface area contributed by atoms with Crippen LogP contribution in [0, 0.1) is 0 Å². The van der Waals surface area contributed by atoms with Gasteiger partial charge in [-0.2, -0.15) is 13.2 Å². The van der Waals surface area contributed by atoms with Gasteiger partial charge in [0.15, 0.2) is 0 Å². The van der Waals surface area contributed by atoms with Crippen molar-refractivity contribution < 1.29 is 13.2 Å². The summed E-state index contributed by atoms with van der Waals surface area (Å²) in [4.78, 5) is 0. The monoisotopic (exact) mass is 334 g/mol. The van der Waals surface area contributed by atoms with E-state index in [1.807, 2.05) is 0 Å². The van der Waals surface area contributed by atoms with Gasteiger partial charge >= 0.3 is 6.18 Å². The van der Waals surface area contributed by atoms with Gasteiger partial charge in [-0.15, -0.1) is 0 Å². The molecular formula is C11H18F3I. The maximum atomic E-state index is 11.9. The summed E-state index contributed by atoms with van der Waals surface area (Å²) in [7, 11) is 0. The second kappa shape index (κ2) is 8.42. The molecule has 0 aliphatic heterocycles. The van der Waals surface area contributed by atoms with Crippen LogP contribution >= 0.6 is 22.6 Å². The van der Waals surface area contributed by atoms with E-state index in [9.17, 15) is 13.2 Å². The Labute approximate surface area is 103 Å². The van der Waals surface area contributed by atoms with Gasteiger partial charge in [-0.3, -0.25) is 0 Å². The third kappa shape index (κ3) is 12.2. The minimum Gasteiger partial charge on any atom is -0.167 e. The van der Waals surface area contributed by atoms with E-state index in [2.05, 4.69) is 6.92 Å². The van der Waals surface area contributed by atoms with Gasteiger partial charge in [-0.1, -0.05) is 39.0 Å². The molecule has 0 saturated heterocycles. The largest absolute Gasteiger partial charge is 0.410 e. The summed E-state index contributed by atoms with van der Waals surface area (Å²) in [5, 5.41) is 0. The van der Waals surface area contributed by atoms with Crippen LogP contribution in [0.3, 0.4) is 0 Å². The van der Waals surface area contributed by atoms with Crippen LogP contribution in [0.15, 0.2) is 9.66 Å². The third-order valence-electron chi connectivity index (χ3n) is 2.09. The van der Waals surface area contributed by atoms with Crippen LogP contribution in [-0.2, 0) is 0 Å². The van der Waals surface area contributed by atoms with Crippen molar-refractivity contribution >= 4 is 22.6 Å². The predicted octanol–water partition coefficient (Wildman–Crippen LogP) is 5.62. The Morgan fingerprint density at radius 3 is 2.13 bits per heavy atom. The first-order valence-electron chi connectivity index (χ1n) is 5.39. The minimum atomic E-state index is -4.15. The highest BCUT2D eigenvalue weighted by atomic mass is 127. The highest BCUT2D eigenvalue weighted by Gasteiger charge is 2.23. The normalized spacial score (nSPS) is 13.3. The van der Waals surface area contributed by atoms with Gasteiger partial charge in [0.2, 0.25) is 0 Å². The van der Waals surface area contributed by atoms with E-state index in [4.69, 9.17) is 0 Å². The lowest BCUT2D eigenvalue weighted by molar-refractivity contribution is -0.0801. The standard InChI is InChI=1S/C11H18F3I/c1-2-3-4-5-6-7-8-10(15)9-11(12,13)14/h9H,2-8H2,1H3. The molecule has 0 saturated carbocycles. The van der Waals surface area contributed by atoms with Crippen molar-refractivity contribution in [1.82, 2.24) is 0 Å². The number of rotatable bonds is 7. The molecule has 90 valence electrons. The Morgan fingerprint density at radius 2 is 1.60 bits per heavy atom. The number of hydrogen-bond donors (Lipinski definition) is 0. The minimum absolute atomic E-state index is 0.402. The lowest BCUT2D eigenvalue weighted by Crippen LogP contribution is -2.01. The van der Waals surface area contributed by atoms with Gasteiger partial charge in [0.1, 0.15) is 0 Å². The highest BCUT2D eigenvalue weighted by Crippen LogP contribution is 2.25. The molecule has 0 aliphatic carbocycles. The molecule has 0 rings (SSSR count). The molecule has 0 spiro atoms. The summed E-state index contributed by atoms with van der Waals surface area (Å²) in [5.74, 6) is 0. The maximum absolute atomic E-state index is 11.9. The molecule has 0 atom stereocenters. The van der Waals surface area contributed by atoms with E-state index < -0.39 is 6.18 Å². The lowest BCUT2D eigenvalue weighted by atomic mass is 10.1. The van der Waals surface area contributed by atoms with Gasteiger partial charge in [0.25, 0.3) is 0 Å². The topological polar surface area (TPSA) is 0 Å². The first kappa shape index (κ1) is 15.3. The smallest absolute Gasteiger partial charge is 0.167 e. The molecule has 0 nitrogen and oxygen atoms in total. The van der Waals surface area contributed by atoms with E-state index in [1.54, 1.807) is 22.6 Å². The molecule has 0 aromatic carbocycles. The molecule has 0 unspecified atom stereocenters. The van der Waals surface area contributed by atoms with Crippen LogP contribution in [-0.4, -0.2) is 6.18 Å². The zero-order valence-corrected chi connectivity index (χ0v) is 11.2. The van der Waals surface area contributed by atoms with Crippen molar-refractivity contribution in [2.45, 2.75) is 58.0 Å². The van der Waals surface area contributed by atoms with Gasteiger partial charge in [0.05, 0.1) is 0 Å². The van der Waals surface area contributed by atoms with Crippen molar-refractivity contribution in [2.75, 3.05) is 0 Å². The van der Waals surface area contributed by atoms with Gasteiger partial charge in [0, 0.05) is 6.08 Å². The van der Waals surface area contributed by atoms with Gasteiger partial charge in [-0.25, -0.2) is 0 Å². The Hall–Kier alpha value is 0.260. The molecule has 0 aromatic rings. The van der Waals surface area contributed by atoms with Crippen LogP contribution in [0.2, 0.25) is 0 Å². The lowest BCUT2D eigenvalue weighted by Gasteiger charge is -2.03. The van der Waals surface area contributed by atoms with Crippen molar-refractivity contribution in [2.24, 2.45) is 0 Å². The van der Waals surface area contributed by atoms with Crippen LogP contribution in [0.4, 0.5) is 13.2 Å². The van der Waals surface area contributed by atoms with E-state index in [0.717, 1.165) is 19.3 Å². The molecule has 0 aliphatic rings. The Morgan fingerprint density at radius 1 is 1.07 bits per heavy atom. The molecule has 0 radical (unpaired) electrons. The van der Waals surface area contributed by atoms with Crippen LogP contribution < -0.4 is 0 Å². The average Bonchev–Trinajstić information content (AvgIpc) is 2.08. The average molecular weight is 334 g/mol. The molecular weight excluding hydrogens is 316 g/mol. The molecule has 0 bridgehead atoms. The SMILES string of the molecule is CCCCCCCCC(I)=CC(F)(F)F. The highest BCUT2D eigenvalue weighted by molar-refractivity contribution is 14.1. The van der Waals surface area contributed by atoms with Crippen molar-refractivity contribution in [3.8, 4) is 0 Å². The fourth-order valence-electron chi connectivity index (χ4n) is 1.32. The van der Waals surface area contributed by atoms with E-state index in [-0.39, 0.29) is 0 Å². The van der Waals surface area contributed by atoms with Crippen molar-refractivity contribution in [1.29, 1.82) is 0 Å². The second-order valence-corrected chi connectivity index (χ2v) is 5.04. The Bertz CT molecular complexity index is 185. The van der Waals surface area contributed by atoms with E-state index in [1.165, 1.54) is 19.3 Å². The maximum Gasteiger partial charge on any atom is 0.410 e. The number of hydrogen-bond acceptors (Lipinski definition) is 0. The molecule has 0 fully saturated rings. The summed E-state index contributed by atoms with van der Waals surface area (Å²) >= 11 is 1.78. The van der Waals surface area contributed by atoms with Crippen LogP contribution in [0.5, 0.6) is 0 Å². The zero-order chi connectivity index (χ0) is 11.7. The van der Waals surface area contributed by atoms with Gasteiger partial charge < -0.3 is 0 Å². The molecule has 0 N–H and O–H groups in total. The number of halogens is 4. The van der Waals surface area contributed by atoms with Crippen LogP contribution in [0.1, 0.15) is 51.9 Å². The fraction of sp³-hybridized carbons (Fsp3) is 0.818. The van der Waals surface area contributed by atoms with Crippen molar-refractivity contribution in [3.63, 3.8) is 0 Å². The summed E-state index contributed by atoms with van der Waals surface area (Å²) in [6.07, 6.45) is 3.50. The number of allylic oxidation sites excluding steroid dienone is 2. The Kier molecular flexibility index (Phi) is 8.56. The quantitative estimate of drug-likeness (QED) is 0.419. The van der Waals surface area contributed by atoms with Crippen LogP contribution in [0.25, 0.3) is 0 Å². The molecule has 4 heteroatoms. The molecule has 15 heavy (non-hydrogen) atoms.